The van der Waals surface area contributed by atoms with E-state index in [2.05, 4.69) is 212 Å². The van der Waals surface area contributed by atoms with Crippen molar-refractivity contribution in [3.63, 3.8) is 0 Å². The summed E-state index contributed by atoms with van der Waals surface area (Å²) in [6, 6.07) is 73.1. The van der Waals surface area contributed by atoms with Crippen molar-refractivity contribution in [2.45, 2.75) is 12.8 Å². The predicted molar refractivity (Wildman–Crippen MR) is 247 cm³/mol. The van der Waals surface area contributed by atoms with Gasteiger partial charge in [-0.1, -0.05) is 200 Å². The number of hydrogen-bond donors (Lipinski definition) is 0. The molecular formula is C57H39N. The highest BCUT2D eigenvalue weighted by Gasteiger charge is 2.16. The summed E-state index contributed by atoms with van der Waals surface area (Å²) in [5.41, 5.74) is 16.6. The SMILES string of the molecule is C1=Cc2c(cccc2-c2ccc(-c3cc(-c4ccc(-c5cccc6ccccc56)c5ccccc45)cc(-c4ccc(-c5cccc6ccccc56)cc4)n3)cc2)CC1. The number of fused-ring (bicyclic) bond motifs is 4. The van der Waals surface area contributed by atoms with Gasteiger partial charge in [0.05, 0.1) is 11.4 Å². The monoisotopic (exact) mass is 737 g/mol. The van der Waals surface area contributed by atoms with Gasteiger partial charge in [-0.05, 0) is 113 Å². The standard InChI is InChI=1S/C57H39N/c1-4-18-46-38(12-1)15-9-23-48(46)41-26-30-43(31-27-41)56-36-45(37-57(58-56)44-32-28-42(29-33-44)49-24-10-16-39-13-2-5-19-47(39)49)51-34-35-55(54-22-8-7-21-52(51)54)53-25-11-17-40-14-3-6-20-50(40)53/h1,3-12,14-37H,2,13H2. The zero-order valence-corrected chi connectivity index (χ0v) is 32.1. The molecule has 0 N–H and O–H groups in total. The Bertz CT molecular complexity index is 3190. The molecule has 0 bridgehead atoms. The van der Waals surface area contributed by atoms with Gasteiger partial charge in [-0.15, -0.1) is 0 Å². The van der Waals surface area contributed by atoms with Gasteiger partial charge in [-0.3, -0.25) is 0 Å². The van der Waals surface area contributed by atoms with Crippen LogP contribution in [0.4, 0.5) is 0 Å². The third-order valence-corrected chi connectivity index (χ3v) is 12.0. The van der Waals surface area contributed by atoms with E-state index in [1.807, 2.05) is 0 Å². The fraction of sp³-hybridized carbons (Fsp3) is 0.0351. The van der Waals surface area contributed by atoms with Crippen LogP contribution in [0.15, 0.2) is 206 Å². The average molecular weight is 738 g/mol. The van der Waals surface area contributed by atoms with Crippen LogP contribution in [-0.4, -0.2) is 4.98 Å². The molecule has 1 aromatic heterocycles. The van der Waals surface area contributed by atoms with Crippen molar-refractivity contribution >= 4 is 38.4 Å². The minimum absolute atomic E-state index is 0.950. The van der Waals surface area contributed by atoms with E-state index in [1.165, 1.54) is 82.4 Å². The summed E-state index contributed by atoms with van der Waals surface area (Å²) in [6.07, 6.45) is 6.79. The molecule has 272 valence electrons. The number of hydrogen-bond acceptors (Lipinski definition) is 1. The number of nitrogens with zero attached hydrogens (tertiary/aromatic N) is 1. The summed E-state index contributed by atoms with van der Waals surface area (Å²) in [5.74, 6) is 0. The Morgan fingerprint density at radius 3 is 1.45 bits per heavy atom. The van der Waals surface area contributed by atoms with Gasteiger partial charge in [0, 0.05) is 11.1 Å². The Morgan fingerprint density at radius 2 is 0.776 bits per heavy atom. The van der Waals surface area contributed by atoms with Gasteiger partial charge in [0.2, 0.25) is 0 Å². The van der Waals surface area contributed by atoms with E-state index in [-0.39, 0.29) is 0 Å². The molecule has 0 amide bonds. The molecule has 11 rings (SSSR count). The van der Waals surface area contributed by atoms with Crippen LogP contribution in [0.5, 0.6) is 0 Å². The maximum Gasteiger partial charge on any atom is 0.0715 e. The summed E-state index contributed by atoms with van der Waals surface area (Å²) >= 11 is 0. The van der Waals surface area contributed by atoms with Gasteiger partial charge in [-0.2, -0.15) is 0 Å². The van der Waals surface area contributed by atoms with Gasteiger partial charge in [0.1, 0.15) is 0 Å². The van der Waals surface area contributed by atoms with E-state index in [1.54, 1.807) is 0 Å². The van der Waals surface area contributed by atoms with E-state index in [9.17, 15) is 0 Å². The van der Waals surface area contributed by atoms with E-state index in [0.29, 0.717) is 0 Å². The minimum atomic E-state index is 0.950. The fourth-order valence-electron chi connectivity index (χ4n) is 9.07. The van der Waals surface area contributed by atoms with Crippen LogP contribution in [0.25, 0.3) is 105 Å². The molecular weight excluding hydrogens is 699 g/mol. The number of aromatic nitrogens is 1. The van der Waals surface area contributed by atoms with Gasteiger partial charge in [0.25, 0.3) is 0 Å². The van der Waals surface area contributed by atoms with Crippen molar-refractivity contribution in [2.24, 2.45) is 0 Å². The second-order valence-electron chi connectivity index (χ2n) is 15.4. The van der Waals surface area contributed by atoms with Gasteiger partial charge in [-0.25, -0.2) is 4.98 Å². The highest BCUT2D eigenvalue weighted by molar-refractivity contribution is 6.10. The van der Waals surface area contributed by atoms with Crippen molar-refractivity contribution in [2.75, 3.05) is 0 Å². The normalized spacial score (nSPS) is 12.3. The van der Waals surface area contributed by atoms with Crippen LogP contribution >= 0.6 is 0 Å². The average Bonchev–Trinajstić information content (AvgIpc) is 3.30. The molecule has 0 saturated carbocycles. The number of allylic oxidation sites excluding steroid dienone is 1. The lowest BCUT2D eigenvalue weighted by molar-refractivity contribution is 0.986. The number of rotatable bonds is 6. The molecule has 0 radical (unpaired) electrons. The molecule has 9 aromatic carbocycles. The summed E-state index contributed by atoms with van der Waals surface area (Å²) in [4.78, 5) is 5.39. The van der Waals surface area contributed by atoms with Crippen LogP contribution in [0.3, 0.4) is 0 Å². The summed E-state index contributed by atoms with van der Waals surface area (Å²) < 4.78 is 0. The molecule has 1 heteroatoms. The predicted octanol–water partition coefficient (Wildman–Crippen LogP) is 15.5. The lowest BCUT2D eigenvalue weighted by Gasteiger charge is -2.16. The molecule has 10 aromatic rings. The zero-order chi connectivity index (χ0) is 38.4. The third-order valence-electron chi connectivity index (χ3n) is 12.0. The number of pyridine rings is 1. The van der Waals surface area contributed by atoms with Crippen molar-refractivity contribution in [1.29, 1.82) is 0 Å². The van der Waals surface area contributed by atoms with Crippen LogP contribution in [0.1, 0.15) is 17.5 Å². The fourth-order valence-corrected chi connectivity index (χ4v) is 9.07. The summed E-state index contributed by atoms with van der Waals surface area (Å²) in [7, 11) is 0. The molecule has 0 aliphatic heterocycles. The molecule has 1 nitrogen and oxygen atoms in total. The van der Waals surface area contributed by atoms with Crippen LogP contribution in [0.2, 0.25) is 0 Å². The Morgan fingerprint density at radius 1 is 0.328 bits per heavy atom. The highest BCUT2D eigenvalue weighted by Crippen LogP contribution is 2.41. The lowest BCUT2D eigenvalue weighted by Crippen LogP contribution is -1.96. The molecule has 1 heterocycles. The largest absolute Gasteiger partial charge is 0.248 e. The molecule has 58 heavy (non-hydrogen) atoms. The highest BCUT2D eigenvalue weighted by atomic mass is 14.7. The van der Waals surface area contributed by atoms with Crippen LogP contribution < -0.4 is 0 Å². The lowest BCUT2D eigenvalue weighted by atomic mass is 9.89. The minimum Gasteiger partial charge on any atom is -0.248 e. The first-order valence-electron chi connectivity index (χ1n) is 20.3. The second kappa shape index (κ2) is 14.3. The molecule has 0 spiro atoms. The smallest absolute Gasteiger partial charge is 0.0715 e. The zero-order valence-electron chi connectivity index (χ0n) is 32.1. The Balaban J connectivity index is 1.05. The first kappa shape index (κ1) is 33.9. The van der Waals surface area contributed by atoms with E-state index >= 15 is 0 Å². The van der Waals surface area contributed by atoms with Crippen LogP contribution in [0, 0.1) is 0 Å². The van der Waals surface area contributed by atoms with Gasteiger partial charge < -0.3 is 0 Å². The molecule has 0 saturated heterocycles. The van der Waals surface area contributed by atoms with Crippen molar-refractivity contribution in [3.8, 4) is 67.0 Å². The second-order valence-corrected chi connectivity index (χ2v) is 15.4. The maximum atomic E-state index is 5.39. The van der Waals surface area contributed by atoms with Crippen LogP contribution in [-0.2, 0) is 6.42 Å². The van der Waals surface area contributed by atoms with Crippen molar-refractivity contribution in [1.82, 2.24) is 4.98 Å². The third kappa shape index (κ3) is 6.00. The van der Waals surface area contributed by atoms with E-state index in [0.717, 1.165) is 40.9 Å². The first-order chi connectivity index (χ1) is 28.7. The Kier molecular flexibility index (Phi) is 8.37. The Labute approximate surface area is 339 Å². The molecule has 0 atom stereocenters. The molecule has 0 fully saturated rings. The quantitative estimate of drug-likeness (QED) is 0.166. The summed E-state index contributed by atoms with van der Waals surface area (Å²) in [5, 5.41) is 7.47. The van der Waals surface area contributed by atoms with Gasteiger partial charge in [0.15, 0.2) is 0 Å². The topological polar surface area (TPSA) is 12.9 Å². The van der Waals surface area contributed by atoms with Gasteiger partial charge >= 0.3 is 0 Å². The number of benzene rings is 9. The summed E-state index contributed by atoms with van der Waals surface area (Å²) in [6.45, 7) is 0. The molecule has 1 aliphatic carbocycles. The van der Waals surface area contributed by atoms with Crippen molar-refractivity contribution in [3.05, 3.63) is 217 Å². The van der Waals surface area contributed by atoms with E-state index in [4.69, 9.17) is 4.98 Å². The van der Waals surface area contributed by atoms with E-state index < -0.39 is 0 Å². The van der Waals surface area contributed by atoms with Crippen molar-refractivity contribution < 1.29 is 0 Å². The molecule has 1 aliphatic rings. The molecule has 0 unspecified atom stereocenters. The first-order valence-corrected chi connectivity index (χ1v) is 20.3. The maximum absolute atomic E-state index is 5.39. The Hall–Kier alpha value is -7.35. The number of aryl methyl sites for hydroxylation is 1.